The Bertz CT molecular complexity index is 516. The van der Waals surface area contributed by atoms with Crippen molar-refractivity contribution in [3.63, 3.8) is 0 Å². The topological polar surface area (TPSA) is 56.9 Å². The summed E-state index contributed by atoms with van der Waals surface area (Å²) >= 11 is 0. The predicted octanol–water partition coefficient (Wildman–Crippen LogP) is 2.18. The highest BCUT2D eigenvalue weighted by molar-refractivity contribution is 5.78. The Kier molecular flexibility index (Phi) is 2.61. The van der Waals surface area contributed by atoms with E-state index >= 15 is 0 Å². The molecule has 0 amide bonds. The number of hydrogen-bond acceptors (Lipinski definition) is 3. The van der Waals surface area contributed by atoms with Gasteiger partial charge >= 0.3 is 0 Å². The van der Waals surface area contributed by atoms with Crippen molar-refractivity contribution in [1.29, 1.82) is 5.26 Å². The maximum Gasteiger partial charge on any atom is 0.0934 e. The fraction of sp³-hybridized carbons (Fsp3) is 0.167. The lowest BCUT2D eigenvalue weighted by molar-refractivity contribution is 0.183. The molecule has 0 radical (unpaired) electrons. The zero-order valence-electron chi connectivity index (χ0n) is 8.09. The van der Waals surface area contributed by atoms with Crippen LogP contribution in [0.2, 0.25) is 0 Å². The Labute approximate surface area is 87.6 Å². The highest BCUT2D eigenvalue weighted by Crippen LogP contribution is 2.19. The standard InChI is InChI=1S/C12H10N2O/c13-6-5-12(15)10-7-9-3-1-2-4-11(9)14-8-10/h1-4,7-8,12,15H,5H2. The quantitative estimate of drug-likeness (QED) is 0.804. The maximum atomic E-state index is 9.62. The van der Waals surface area contributed by atoms with E-state index < -0.39 is 6.10 Å². The molecule has 1 aromatic carbocycles. The summed E-state index contributed by atoms with van der Waals surface area (Å²) in [6, 6.07) is 11.5. The molecule has 0 saturated heterocycles. The molecule has 0 fully saturated rings. The Balaban J connectivity index is 2.43. The predicted molar refractivity (Wildman–Crippen MR) is 56.9 cm³/mol. The summed E-state index contributed by atoms with van der Waals surface area (Å²) < 4.78 is 0. The first-order valence-corrected chi connectivity index (χ1v) is 4.71. The summed E-state index contributed by atoms with van der Waals surface area (Å²) in [6.45, 7) is 0. The number of rotatable bonds is 2. The normalized spacial score (nSPS) is 12.3. The van der Waals surface area contributed by atoms with Crippen LogP contribution in [0.5, 0.6) is 0 Å². The average Bonchev–Trinajstić information content (AvgIpc) is 2.29. The Hall–Kier alpha value is -1.92. The van der Waals surface area contributed by atoms with E-state index in [4.69, 9.17) is 5.26 Å². The highest BCUT2D eigenvalue weighted by atomic mass is 16.3. The Morgan fingerprint density at radius 2 is 2.20 bits per heavy atom. The molecule has 0 aliphatic rings. The minimum Gasteiger partial charge on any atom is -0.387 e. The highest BCUT2D eigenvalue weighted by Gasteiger charge is 2.07. The number of pyridine rings is 1. The number of nitrogens with zero attached hydrogens (tertiary/aromatic N) is 2. The van der Waals surface area contributed by atoms with E-state index in [2.05, 4.69) is 4.98 Å². The smallest absolute Gasteiger partial charge is 0.0934 e. The van der Waals surface area contributed by atoms with Crippen molar-refractivity contribution in [2.45, 2.75) is 12.5 Å². The van der Waals surface area contributed by atoms with Crippen molar-refractivity contribution < 1.29 is 5.11 Å². The van der Waals surface area contributed by atoms with Crippen LogP contribution in [0.1, 0.15) is 18.1 Å². The monoisotopic (exact) mass is 198 g/mol. The van der Waals surface area contributed by atoms with E-state index in [0.29, 0.717) is 5.56 Å². The summed E-state index contributed by atoms with van der Waals surface area (Å²) in [5, 5.41) is 19.1. The molecule has 1 heterocycles. The molecule has 0 aliphatic heterocycles. The molecule has 2 rings (SSSR count). The van der Waals surface area contributed by atoms with Gasteiger partial charge in [-0.05, 0) is 12.1 Å². The minimum absolute atomic E-state index is 0.0972. The third-order valence-electron chi connectivity index (χ3n) is 2.28. The van der Waals surface area contributed by atoms with Crippen molar-refractivity contribution in [3.8, 4) is 6.07 Å². The van der Waals surface area contributed by atoms with Gasteiger partial charge < -0.3 is 5.11 Å². The number of fused-ring (bicyclic) bond motifs is 1. The van der Waals surface area contributed by atoms with Gasteiger partial charge in [0, 0.05) is 17.1 Å². The number of aromatic nitrogens is 1. The molecule has 0 aliphatic carbocycles. The lowest BCUT2D eigenvalue weighted by Crippen LogP contribution is -1.96. The number of nitriles is 1. The van der Waals surface area contributed by atoms with Crippen LogP contribution in [-0.2, 0) is 0 Å². The van der Waals surface area contributed by atoms with Crippen LogP contribution in [-0.4, -0.2) is 10.1 Å². The second kappa shape index (κ2) is 4.07. The molecule has 3 nitrogen and oxygen atoms in total. The molecule has 1 atom stereocenters. The van der Waals surface area contributed by atoms with Gasteiger partial charge in [0.25, 0.3) is 0 Å². The summed E-state index contributed by atoms with van der Waals surface area (Å²) in [5.41, 5.74) is 1.58. The van der Waals surface area contributed by atoms with Gasteiger partial charge in [-0.3, -0.25) is 4.98 Å². The number of benzene rings is 1. The first-order valence-electron chi connectivity index (χ1n) is 4.71. The van der Waals surface area contributed by atoms with Gasteiger partial charge in [-0.2, -0.15) is 5.26 Å². The fourth-order valence-electron chi connectivity index (χ4n) is 1.47. The molecular formula is C12H10N2O. The number of hydrogen-bond donors (Lipinski definition) is 1. The Morgan fingerprint density at radius 1 is 1.40 bits per heavy atom. The van der Waals surface area contributed by atoms with E-state index in [9.17, 15) is 5.11 Å². The van der Waals surface area contributed by atoms with E-state index in [0.717, 1.165) is 10.9 Å². The fourth-order valence-corrected chi connectivity index (χ4v) is 1.47. The Morgan fingerprint density at radius 3 is 3.00 bits per heavy atom. The second-order valence-corrected chi connectivity index (χ2v) is 3.34. The van der Waals surface area contributed by atoms with Crippen LogP contribution in [0.4, 0.5) is 0 Å². The van der Waals surface area contributed by atoms with Gasteiger partial charge in [-0.25, -0.2) is 0 Å². The molecule has 0 saturated carbocycles. The van der Waals surface area contributed by atoms with Crippen LogP contribution in [0.15, 0.2) is 36.5 Å². The van der Waals surface area contributed by atoms with Crippen molar-refractivity contribution in [1.82, 2.24) is 4.98 Å². The van der Waals surface area contributed by atoms with E-state index in [-0.39, 0.29) is 6.42 Å². The number of aliphatic hydroxyl groups is 1. The molecule has 1 aromatic heterocycles. The van der Waals surface area contributed by atoms with Crippen LogP contribution in [0.25, 0.3) is 10.9 Å². The van der Waals surface area contributed by atoms with Crippen molar-refractivity contribution in [3.05, 3.63) is 42.1 Å². The van der Waals surface area contributed by atoms with Crippen molar-refractivity contribution in [2.75, 3.05) is 0 Å². The van der Waals surface area contributed by atoms with Crippen molar-refractivity contribution >= 4 is 10.9 Å². The second-order valence-electron chi connectivity index (χ2n) is 3.34. The molecule has 1 unspecified atom stereocenters. The van der Waals surface area contributed by atoms with Gasteiger partial charge in [-0.15, -0.1) is 0 Å². The summed E-state index contributed by atoms with van der Waals surface area (Å²) in [7, 11) is 0. The summed E-state index contributed by atoms with van der Waals surface area (Å²) in [6.07, 6.45) is 0.969. The van der Waals surface area contributed by atoms with E-state index in [1.807, 2.05) is 36.4 Å². The van der Waals surface area contributed by atoms with E-state index in [1.54, 1.807) is 6.20 Å². The molecular weight excluding hydrogens is 188 g/mol. The van der Waals surface area contributed by atoms with Crippen molar-refractivity contribution in [2.24, 2.45) is 0 Å². The summed E-state index contributed by atoms with van der Waals surface area (Å²) in [4.78, 5) is 4.22. The lowest BCUT2D eigenvalue weighted by atomic mass is 10.1. The zero-order chi connectivity index (χ0) is 10.7. The number of aliphatic hydroxyl groups excluding tert-OH is 1. The summed E-state index contributed by atoms with van der Waals surface area (Å²) in [5.74, 6) is 0. The molecule has 3 heteroatoms. The van der Waals surface area contributed by atoms with Gasteiger partial charge in [0.2, 0.25) is 0 Å². The molecule has 0 bridgehead atoms. The average molecular weight is 198 g/mol. The van der Waals surface area contributed by atoms with Gasteiger partial charge in [0.1, 0.15) is 0 Å². The molecule has 1 N–H and O–H groups in total. The van der Waals surface area contributed by atoms with Gasteiger partial charge in [0.05, 0.1) is 24.1 Å². The SMILES string of the molecule is N#CCC(O)c1cnc2ccccc2c1. The van der Waals surface area contributed by atoms with Crippen LogP contribution < -0.4 is 0 Å². The zero-order valence-corrected chi connectivity index (χ0v) is 8.09. The lowest BCUT2D eigenvalue weighted by Gasteiger charge is -2.06. The van der Waals surface area contributed by atoms with Gasteiger partial charge in [-0.1, -0.05) is 18.2 Å². The van der Waals surface area contributed by atoms with Gasteiger partial charge in [0.15, 0.2) is 0 Å². The van der Waals surface area contributed by atoms with Crippen LogP contribution in [0, 0.1) is 11.3 Å². The molecule has 74 valence electrons. The van der Waals surface area contributed by atoms with E-state index in [1.165, 1.54) is 0 Å². The maximum absolute atomic E-state index is 9.62. The minimum atomic E-state index is -0.743. The molecule has 0 spiro atoms. The number of para-hydroxylation sites is 1. The van der Waals surface area contributed by atoms with Crippen LogP contribution >= 0.6 is 0 Å². The third-order valence-corrected chi connectivity index (χ3v) is 2.28. The van der Waals surface area contributed by atoms with Crippen LogP contribution in [0.3, 0.4) is 0 Å². The molecule has 2 aromatic rings. The first kappa shape index (κ1) is 9.63. The first-order chi connectivity index (χ1) is 7.31. The largest absolute Gasteiger partial charge is 0.387 e. The molecule has 15 heavy (non-hydrogen) atoms. The third kappa shape index (κ3) is 1.95.